The minimum absolute atomic E-state index is 0.336. The van der Waals surface area contributed by atoms with Crippen LogP contribution in [0.25, 0.3) is 0 Å². The smallest absolute Gasteiger partial charge is 0.131 e. The van der Waals surface area contributed by atoms with Crippen LogP contribution in [0.15, 0.2) is 28.4 Å². The normalized spacial score (nSPS) is 25.4. The van der Waals surface area contributed by atoms with E-state index in [9.17, 15) is 4.91 Å². The molecule has 1 rings (SSSR count). The summed E-state index contributed by atoms with van der Waals surface area (Å²) < 4.78 is 0. The summed E-state index contributed by atoms with van der Waals surface area (Å²) in [6.07, 6.45) is 6.03. The zero-order valence-electron chi connectivity index (χ0n) is 4.75. The molecule has 3 heteroatoms. The van der Waals surface area contributed by atoms with Crippen molar-refractivity contribution in [2.45, 2.75) is 12.5 Å². The molecule has 0 spiro atoms. The Kier molecular flexibility index (Phi) is 2.01. The van der Waals surface area contributed by atoms with Gasteiger partial charge in [-0.2, -0.15) is 4.91 Å². The minimum Gasteiger partial charge on any atom is -0.150 e. The molecule has 0 aromatic carbocycles. The van der Waals surface area contributed by atoms with Crippen LogP contribution in [0, 0.1) is 4.91 Å². The van der Waals surface area contributed by atoms with Gasteiger partial charge < -0.3 is 0 Å². The van der Waals surface area contributed by atoms with E-state index in [0.717, 1.165) is 0 Å². The second-order valence-corrected chi connectivity index (χ2v) is 2.27. The van der Waals surface area contributed by atoms with Crippen molar-refractivity contribution in [3.05, 3.63) is 28.2 Å². The van der Waals surface area contributed by atoms with Crippen LogP contribution in [0.5, 0.6) is 0 Å². The average Bonchev–Trinajstić information content (AvgIpc) is 1.89. The van der Waals surface area contributed by atoms with E-state index in [0.29, 0.717) is 11.5 Å². The quantitative estimate of drug-likeness (QED) is 0.518. The molecule has 0 unspecified atom stereocenters. The molecule has 0 radical (unpaired) electrons. The molecule has 0 saturated heterocycles. The largest absolute Gasteiger partial charge is 0.150 e. The molecule has 1 aliphatic rings. The Balaban J connectivity index is 2.69. The predicted molar refractivity (Wildman–Crippen MR) is 37.3 cm³/mol. The first kappa shape index (κ1) is 6.49. The number of allylic oxidation sites excluding steroid dienone is 2. The van der Waals surface area contributed by atoms with Crippen LogP contribution in [0.4, 0.5) is 0 Å². The van der Waals surface area contributed by atoms with Crippen molar-refractivity contribution in [1.82, 2.24) is 0 Å². The van der Waals surface area contributed by atoms with Gasteiger partial charge in [-0.1, -0.05) is 28.9 Å². The molecular formula is C6H6ClNO. The Bertz CT molecular complexity index is 174. The number of nitrogens with zero attached hydrogens (tertiary/aromatic N) is 1. The van der Waals surface area contributed by atoms with Crippen LogP contribution < -0.4 is 0 Å². The van der Waals surface area contributed by atoms with Gasteiger partial charge in [-0.05, 0) is 12.5 Å². The van der Waals surface area contributed by atoms with Gasteiger partial charge in [0.15, 0.2) is 0 Å². The van der Waals surface area contributed by atoms with Gasteiger partial charge in [0.2, 0.25) is 0 Å². The van der Waals surface area contributed by atoms with E-state index in [1.54, 1.807) is 6.08 Å². The Labute approximate surface area is 58.2 Å². The SMILES string of the molecule is O=N[C@H]1CC=CC=C1Cl. The molecular weight excluding hydrogens is 138 g/mol. The lowest BCUT2D eigenvalue weighted by molar-refractivity contribution is 0.805. The fraction of sp³-hybridized carbons (Fsp3) is 0.333. The predicted octanol–water partition coefficient (Wildman–Crippen LogP) is 2.20. The van der Waals surface area contributed by atoms with E-state index in [1.165, 1.54) is 0 Å². The maximum absolute atomic E-state index is 9.96. The average molecular weight is 144 g/mol. The van der Waals surface area contributed by atoms with Crippen LogP contribution in [-0.4, -0.2) is 6.04 Å². The van der Waals surface area contributed by atoms with Crippen molar-refractivity contribution in [1.29, 1.82) is 0 Å². The summed E-state index contributed by atoms with van der Waals surface area (Å²) in [4.78, 5) is 9.96. The van der Waals surface area contributed by atoms with Crippen LogP contribution in [0.2, 0.25) is 0 Å². The van der Waals surface area contributed by atoms with Gasteiger partial charge in [-0.3, -0.25) is 0 Å². The van der Waals surface area contributed by atoms with E-state index in [1.807, 2.05) is 12.2 Å². The highest BCUT2D eigenvalue weighted by atomic mass is 35.5. The molecule has 0 N–H and O–H groups in total. The van der Waals surface area contributed by atoms with Crippen molar-refractivity contribution in [2.24, 2.45) is 5.18 Å². The molecule has 2 nitrogen and oxygen atoms in total. The minimum atomic E-state index is -0.336. The second kappa shape index (κ2) is 2.78. The molecule has 0 heterocycles. The lowest BCUT2D eigenvalue weighted by Gasteiger charge is -2.06. The highest BCUT2D eigenvalue weighted by molar-refractivity contribution is 6.30. The third kappa shape index (κ3) is 1.39. The number of hydrogen-bond acceptors (Lipinski definition) is 2. The highest BCUT2D eigenvalue weighted by Crippen LogP contribution is 2.19. The maximum atomic E-state index is 9.96. The van der Waals surface area contributed by atoms with Crippen molar-refractivity contribution >= 4 is 11.6 Å². The molecule has 0 amide bonds. The topological polar surface area (TPSA) is 29.4 Å². The van der Waals surface area contributed by atoms with Gasteiger partial charge in [0, 0.05) is 5.03 Å². The van der Waals surface area contributed by atoms with Crippen molar-refractivity contribution in [3.63, 3.8) is 0 Å². The Morgan fingerprint density at radius 1 is 1.78 bits per heavy atom. The summed E-state index contributed by atoms with van der Waals surface area (Å²) in [7, 11) is 0. The first-order valence-electron chi connectivity index (χ1n) is 2.69. The molecule has 0 aliphatic heterocycles. The second-order valence-electron chi connectivity index (χ2n) is 1.84. The van der Waals surface area contributed by atoms with Gasteiger partial charge in [0.05, 0.1) is 0 Å². The Hall–Kier alpha value is -0.630. The summed E-state index contributed by atoms with van der Waals surface area (Å²) in [6, 6.07) is -0.336. The highest BCUT2D eigenvalue weighted by Gasteiger charge is 2.12. The number of nitroso groups, excluding NO2 is 1. The monoisotopic (exact) mass is 143 g/mol. The molecule has 1 atom stereocenters. The molecule has 9 heavy (non-hydrogen) atoms. The van der Waals surface area contributed by atoms with Gasteiger partial charge in [-0.15, -0.1) is 0 Å². The molecule has 0 aromatic rings. The molecule has 0 aromatic heterocycles. The first-order chi connectivity index (χ1) is 4.34. The molecule has 0 saturated carbocycles. The Morgan fingerprint density at radius 3 is 3.00 bits per heavy atom. The van der Waals surface area contributed by atoms with Crippen molar-refractivity contribution in [3.8, 4) is 0 Å². The van der Waals surface area contributed by atoms with Crippen LogP contribution >= 0.6 is 11.6 Å². The fourth-order valence-corrected chi connectivity index (χ4v) is 0.886. The van der Waals surface area contributed by atoms with Gasteiger partial charge in [0.25, 0.3) is 0 Å². The zero-order chi connectivity index (χ0) is 6.69. The van der Waals surface area contributed by atoms with Gasteiger partial charge >= 0.3 is 0 Å². The molecule has 48 valence electrons. The Morgan fingerprint density at radius 2 is 2.56 bits per heavy atom. The van der Waals surface area contributed by atoms with Gasteiger partial charge in [0.1, 0.15) is 6.04 Å². The van der Waals surface area contributed by atoms with Crippen molar-refractivity contribution < 1.29 is 0 Å². The summed E-state index contributed by atoms with van der Waals surface area (Å²) >= 11 is 5.60. The molecule has 0 fully saturated rings. The zero-order valence-corrected chi connectivity index (χ0v) is 5.51. The van der Waals surface area contributed by atoms with Crippen LogP contribution in [0.3, 0.4) is 0 Å². The van der Waals surface area contributed by atoms with E-state index in [4.69, 9.17) is 11.6 Å². The lowest BCUT2D eigenvalue weighted by Crippen LogP contribution is -2.03. The summed E-state index contributed by atoms with van der Waals surface area (Å²) in [5.74, 6) is 0. The lowest BCUT2D eigenvalue weighted by atomic mass is 10.1. The summed E-state index contributed by atoms with van der Waals surface area (Å²) in [6.45, 7) is 0. The number of halogens is 1. The standard InChI is InChI=1S/C6H6ClNO/c7-5-3-1-2-4-6(5)8-9/h1-3,6H,4H2/t6-/m0/s1. The molecule has 1 aliphatic carbocycles. The summed E-state index contributed by atoms with van der Waals surface area (Å²) in [5.41, 5.74) is 0. The number of rotatable bonds is 1. The first-order valence-corrected chi connectivity index (χ1v) is 3.07. The van der Waals surface area contributed by atoms with E-state index in [-0.39, 0.29) is 6.04 Å². The van der Waals surface area contributed by atoms with Crippen molar-refractivity contribution in [2.75, 3.05) is 0 Å². The van der Waals surface area contributed by atoms with E-state index in [2.05, 4.69) is 5.18 Å². The third-order valence-corrected chi connectivity index (χ3v) is 1.57. The third-order valence-electron chi connectivity index (χ3n) is 1.20. The van der Waals surface area contributed by atoms with E-state index >= 15 is 0 Å². The number of hydrogen-bond donors (Lipinski definition) is 0. The molecule has 0 bridgehead atoms. The van der Waals surface area contributed by atoms with Crippen LogP contribution in [0.1, 0.15) is 6.42 Å². The van der Waals surface area contributed by atoms with Gasteiger partial charge in [-0.25, -0.2) is 0 Å². The van der Waals surface area contributed by atoms with Crippen LogP contribution in [-0.2, 0) is 0 Å². The fourth-order valence-electron chi connectivity index (χ4n) is 0.684. The van der Waals surface area contributed by atoms with E-state index < -0.39 is 0 Å². The summed E-state index contributed by atoms with van der Waals surface area (Å²) in [5, 5.41) is 3.36. The maximum Gasteiger partial charge on any atom is 0.131 e.